The molecule has 31 heavy (non-hydrogen) atoms. The largest absolute Gasteiger partial charge is 1.00 e. The van der Waals surface area contributed by atoms with E-state index in [2.05, 4.69) is 86.7 Å². The predicted molar refractivity (Wildman–Crippen MR) is 126 cm³/mol. The van der Waals surface area contributed by atoms with Crippen molar-refractivity contribution in [1.82, 2.24) is 0 Å². The van der Waals surface area contributed by atoms with E-state index in [1.54, 1.807) is 25.1 Å². The zero-order valence-corrected chi connectivity index (χ0v) is 23.8. The summed E-state index contributed by atoms with van der Waals surface area (Å²) in [6, 6.07) is 21.2. The van der Waals surface area contributed by atoms with Gasteiger partial charge in [-0.1, -0.05) is 18.5 Å². The Balaban J connectivity index is 0.000000514. The normalized spacial score (nSPS) is 16.1. The first-order valence-electron chi connectivity index (χ1n) is 10.9. The Bertz CT molecular complexity index is 932. The standard InChI is InChI=1S/2C12H11.C3H8Si.2ClH.Zr/c2*1-10-5-4-8-12(9-10)11-6-2-3-7-11;1-2-4-3-1;;;/h2*2,4-6,8-9H,3H2,1H3;1-4H2;2*1H;/q;;;;;+2/p-2. The van der Waals surface area contributed by atoms with Gasteiger partial charge in [0.25, 0.3) is 0 Å². The maximum absolute atomic E-state index is 2.35. The summed E-state index contributed by atoms with van der Waals surface area (Å²) in [5, 5.41) is 0. The van der Waals surface area contributed by atoms with Gasteiger partial charge in [0.2, 0.25) is 0 Å². The second kappa shape index (κ2) is 12.9. The molecule has 2 aromatic rings. The summed E-state index contributed by atoms with van der Waals surface area (Å²) in [6.07, 6.45) is 13.3. The van der Waals surface area contributed by atoms with Gasteiger partial charge in [0.1, 0.15) is 0 Å². The van der Waals surface area contributed by atoms with Gasteiger partial charge in [-0.05, 0) is 0 Å². The van der Waals surface area contributed by atoms with E-state index in [0.29, 0.717) is 9.52 Å². The molecule has 0 amide bonds. The fourth-order valence-corrected chi connectivity index (χ4v) is 8.10. The Kier molecular flexibility index (Phi) is 11.0. The molecule has 160 valence electrons. The molecule has 0 nitrogen and oxygen atoms in total. The average Bonchev–Trinajstić information content (AvgIpc) is 3.30. The van der Waals surface area contributed by atoms with E-state index in [4.69, 9.17) is 0 Å². The molecule has 0 aromatic heterocycles. The van der Waals surface area contributed by atoms with Crippen molar-refractivity contribution in [3.05, 3.63) is 102 Å². The van der Waals surface area contributed by atoms with Crippen molar-refractivity contribution in [2.24, 2.45) is 0 Å². The number of hydrogen-bond donors (Lipinski definition) is 0. The monoisotopic (exact) mass is 542 g/mol. The molecule has 1 aliphatic heterocycles. The molecular weight excluding hydrogens is 515 g/mol. The topological polar surface area (TPSA) is 0 Å². The number of allylic oxidation sites excluding steroid dienone is 8. The molecule has 3 aliphatic rings. The Morgan fingerprint density at radius 2 is 1.13 bits per heavy atom. The first-order chi connectivity index (χ1) is 14.2. The zero-order valence-electron chi connectivity index (χ0n) is 18.4. The van der Waals surface area contributed by atoms with E-state index in [9.17, 15) is 0 Å². The number of rotatable bonds is 4. The zero-order chi connectivity index (χ0) is 20.1. The second-order valence-corrected chi connectivity index (χ2v) is 14.0. The van der Waals surface area contributed by atoms with Crippen molar-refractivity contribution < 1.29 is 48.0 Å². The first-order valence-corrected chi connectivity index (χ1v) is 15.4. The van der Waals surface area contributed by atoms with E-state index in [-0.39, 0.29) is 24.8 Å². The number of halogens is 2. The molecule has 0 N–H and O–H groups in total. The molecule has 1 fully saturated rings. The van der Waals surface area contributed by atoms with Gasteiger partial charge >= 0.3 is 163 Å². The van der Waals surface area contributed by atoms with Gasteiger partial charge in [-0.2, -0.15) is 0 Å². The predicted octanol–water partition coefficient (Wildman–Crippen LogP) is 0.832. The average molecular weight is 545 g/mol. The minimum absolute atomic E-state index is 0. The van der Waals surface area contributed by atoms with Crippen molar-refractivity contribution in [2.45, 2.75) is 45.2 Å². The van der Waals surface area contributed by atoms with Crippen LogP contribution in [-0.4, -0.2) is 9.52 Å². The third-order valence-corrected chi connectivity index (χ3v) is 11.6. The quantitative estimate of drug-likeness (QED) is 0.501. The Morgan fingerprint density at radius 3 is 1.48 bits per heavy atom. The van der Waals surface area contributed by atoms with Crippen LogP contribution in [0, 0.1) is 13.8 Å². The van der Waals surface area contributed by atoms with Crippen LogP contribution in [-0.2, 0) is 23.2 Å². The fraction of sp³-hybridized carbons (Fsp3) is 0.259. The van der Waals surface area contributed by atoms with E-state index < -0.39 is 23.2 Å². The Morgan fingerprint density at radius 1 is 0.710 bits per heavy atom. The summed E-state index contributed by atoms with van der Waals surface area (Å²) in [7, 11) is 0.605. The molecular formula is C27H30Cl2SiZr. The maximum atomic E-state index is 2.35. The van der Waals surface area contributed by atoms with Crippen molar-refractivity contribution in [3.8, 4) is 0 Å². The third kappa shape index (κ3) is 7.03. The van der Waals surface area contributed by atoms with Gasteiger partial charge < -0.3 is 24.8 Å². The number of benzene rings is 2. The molecule has 0 radical (unpaired) electrons. The molecule has 0 atom stereocenters. The summed E-state index contributed by atoms with van der Waals surface area (Å²) >= 11 is -0.741. The molecule has 4 heteroatoms. The van der Waals surface area contributed by atoms with E-state index >= 15 is 0 Å². The summed E-state index contributed by atoms with van der Waals surface area (Å²) in [4.78, 5) is 0. The van der Waals surface area contributed by atoms with Crippen molar-refractivity contribution in [2.75, 3.05) is 0 Å². The molecule has 2 aromatic carbocycles. The maximum Gasteiger partial charge on any atom is -1.00 e. The van der Waals surface area contributed by atoms with Crippen LogP contribution < -0.4 is 24.8 Å². The third-order valence-electron chi connectivity index (χ3n) is 5.82. The molecule has 0 bridgehead atoms. The summed E-state index contributed by atoms with van der Waals surface area (Å²) in [6.45, 7) is 4.36. The SMILES string of the molecule is C1C[SiH2]C1.Cc1cccc(C2=[C]([Zr+2][C]3=C(c4cccc(C)c4)C=CC3)CC=C2)c1.[Cl-].[Cl-]. The van der Waals surface area contributed by atoms with E-state index in [1.165, 1.54) is 33.4 Å². The Hall–Kier alpha value is -0.920. The van der Waals surface area contributed by atoms with Crippen LogP contribution in [0.5, 0.6) is 0 Å². The van der Waals surface area contributed by atoms with Gasteiger partial charge in [0.05, 0.1) is 0 Å². The number of hydrogen-bond acceptors (Lipinski definition) is 0. The smallest absolute Gasteiger partial charge is 1.00 e. The second-order valence-electron chi connectivity index (χ2n) is 8.28. The molecule has 0 saturated carbocycles. The summed E-state index contributed by atoms with van der Waals surface area (Å²) in [5.41, 5.74) is 8.48. The summed E-state index contributed by atoms with van der Waals surface area (Å²) in [5.74, 6) is 0. The van der Waals surface area contributed by atoms with Crippen LogP contribution >= 0.6 is 0 Å². The van der Waals surface area contributed by atoms with Crippen LogP contribution in [0.1, 0.15) is 41.5 Å². The van der Waals surface area contributed by atoms with Crippen LogP contribution in [0.4, 0.5) is 0 Å². The van der Waals surface area contributed by atoms with Gasteiger partial charge in [-0.15, -0.1) is 0 Å². The molecule has 2 aliphatic carbocycles. The molecule has 1 heterocycles. The first kappa shape index (κ1) is 26.3. The van der Waals surface area contributed by atoms with Crippen LogP contribution in [0.3, 0.4) is 0 Å². The van der Waals surface area contributed by atoms with E-state index in [0.717, 1.165) is 12.8 Å². The van der Waals surface area contributed by atoms with Gasteiger partial charge in [-0.3, -0.25) is 0 Å². The molecule has 5 rings (SSSR count). The molecule has 1 saturated heterocycles. The van der Waals surface area contributed by atoms with Crippen molar-refractivity contribution in [1.29, 1.82) is 0 Å². The summed E-state index contributed by atoms with van der Waals surface area (Å²) < 4.78 is 3.44. The minimum atomic E-state index is -0.741. The molecule has 0 spiro atoms. The fourth-order valence-electron chi connectivity index (χ4n) is 3.85. The van der Waals surface area contributed by atoms with Gasteiger partial charge in [0.15, 0.2) is 0 Å². The van der Waals surface area contributed by atoms with Gasteiger partial charge in [-0.25, -0.2) is 0 Å². The number of aryl methyl sites for hydroxylation is 2. The Labute approximate surface area is 214 Å². The van der Waals surface area contributed by atoms with Crippen LogP contribution in [0.25, 0.3) is 11.1 Å². The van der Waals surface area contributed by atoms with Crippen LogP contribution in [0.2, 0.25) is 12.1 Å². The molecule has 0 unspecified atom stereocenters. The van der Waals surface area contributed by atoms with Gasteiger partial charge in [0, 0.05) is 9.52 Å². The van der Waals surface area contributed by atoms with E-state index in [1.807, 2.05) is 0 Å². The van der Waals surface area contributed by atoms with Crippen molar-refractivity contribution >= 4 is 20.7 Å². The minimum Gasteiger partial charge on any atom is -1.00 e. The van der Waals surface area contributed by atoms with Crippen molar-refractivity contribution in [3.63, 3.8) is 0 Å². The van der Waals surface area contributed by atoms with Crippen LogP contribution in [0.15, 0.2) is 79.4 Å².